The molecule has 4 rings (SSSR count). The van der Waals surface area contributed by atoms with E-state index < -0.39 is 5.82 Å². The van der Waals surface area contributed by atoms with E-state index in [1.165, 1.54) is 24.8 Å². The third kappa shape index (κ3) is 3.26. The second kappa shape index (κ2) is 7.20. The van der Waals surface area contributed by atoms with Crippen LogP contribution >= 0.6 is 0 Å². The number of rotatable bonds is 5. The van der Waals surface area contributed by atoms with Crippen LogP contribution in [0, 0.1) is 11.7 Å². The van der Waals surface area contributed by atoms with Crippen LogP contribution in [-0.2, 0) is 6.54 Å². The minimum atomic E-state index is -0.390. The number of halogens is 1. The molecule has 2 heterocycles. The van der Waals surface area contributed by atoms with Crippen LogP contribution in [0.15, 0.2) is 48.5 Å². The molecule has 26 heavy (non-hydrogen) atoms. The van der Waals surface area contributed by atoms with Crippen molar-refractivity contribution in [2.45, 2.75) is 44.3 Å². The van der Waals surface area contributed by atoms with Gasteiger partial charge in [-0.15, -0.1) is 0 Å². The number of Topliss-reactive ketones (excluding diaryl/α,β-unsaturated/α-hetero) is 1. The highest BCUT2D eigenvalue weighted by Gasteiger charge is 2.43. The quantitative estimate of drug-likeness (QED) is 0.743. The van der Waals surface area contributed by atoms with Crippen molar-refractivity contribution in [2.24, 2.45) is 5.92 Å². The number of fused-ring (bicyclic) bond motifs is 2. The number of methoxy groups -OCH3 is 1. The number of ketones is 1. The van der Waals surface area contributed by atoms with Crippen molar-refractivity contribution < 1.29 is 13.9 Å². The van der Waals surface area contributed by atoms with Gasteiger partial charge in [-0.1, -0.05) is 30.3 Å². The Morgan fingerprint density at radius 2 is 1.81 bits per heavy atom. The average Bonchev–Trinajstić information content (AvgIpc) is 2.90. The van der Waals surface area contributed by atoms with E-state index in [0.29, 0.717) is 23.4 Å². The summed E-state index contributed by atoms with van der Waals surface area (Å²) in [5.74, 6) is 0.0573. The molecule has 0 aromatic heterocycles. The first-order valence-electron chi connectivity index (χ1n) is 9.33. The summed E-state index contributed by atoms with van der Waals surface area (Å²) in [5.41, 5.74) is 1.70. The molecule has 2 aromatic carbocycles. The van der Waals surface area contributed by atoms with Gasteiger partial charge < -0.3 is 4.74 Å². The van der Waals surface area contributed by atoms with Gasteiger partial charge in [0.1, 0.15) is 11.6 Å². The number of hydrogen-bond donors (Lipinski definition) is 0. The Hall–Kier alpha value is -2.20. The number of carbonyl (C=O) groups excluding carboxylic acids is 1. The number of ether oxygens (including phenoxy) is 1. The monoisotopic (exact) mass is 353 g/mol. The van der Waals surface area contributed by atoms with Gasteiger partial charge in [0.2, 0.25) is 0 Å². The molecule has 3 nitrogen and oxygen atoms in total. The Balaban J connectivity index is 1.50. The lowest BCUT2D eigenvalue weighted by Gasteiger charge is -2.38. The summed E-state index contributed by atoms with van der Waals surface area (Å²) >= 11 is 0. The molecule has 0 aliphatic carbocycles. The molecule has 2 fully saturated rings. The minimum Gasteiger partial charge on any atom is -0.496 e. The van der Waals surface area contributed by atoms with Gasteiger partial charge in [-0.25, -0.2) is 4.39 Å². The van der Waals surface area contributed by atoms with E-state index in [1.807, 2.05) is 6.07 Å². The summed E-state index contributed by atoms with van der Waals surface area (Å²) in [4.78, 5) is 15.6. The third-order valence-electron chi connectivity index (χ3n) is 5.89. The van der Waals surface area contributed by atoms with Crippen LogP contribution in [-0.4, -0.2) is 29.9 Å². The first-order valence-corrected chi connectivity index (χ1v) is 9.33. The van der Waals surface area contributed by atoms with Gasteiger partial charge in [0, 0.05) is 24.5 Å². The molecule has 4 heteroatoms. The highest BCUT2D eigenvalue weighted by atomic mass is 19.1. The van der Waals surface area contributed by atoms with E-state index in [-0.39, 0.29) is 11.7 Å². The Labute approximate surface area is 153 Å². The molecule has 2 aromatic rings. The van der Waals surface area contributed by atoms with Crippen LogP contribution in [0.3, 0.4) is 0 Å². The summed E-state index contributed by atoms with van der Waals surface area (Å²) in [6.45, 7) is 0.945. The fourth-order valence-corrected chi connectivity index (χ4v) is 4.63. The number of hydrogen-bond acceptors (Lipinski definition) is 3. The maximum Gasteiger partial charge on any atom is 0.169 e. The van der Waals surface area contributed by atoms with Crippen molar-refractivity contribution in [1.29, 1.82) is 0 Å². The summed E-state index contributed by atoms with van der Waals surface area (Å²) in [6, 6.07) is 15.6. The SMILES string of the molecule is COc1ccc(F)cc1C(=O)C1CC2CCC(C1)N2Cc1ccccc1. The normalized spacial score (nSPS) is 25.2. The second-order valence-corrected chi connectivity index (χ2v) is 7.42. The lowest BCUT2D eigenvalue weighted by molar-refractivity contribution is 0.0675. The van der Waals surface area contributed by atoms with Crippen molar-refractivity contribution in [3.8, 4) is 5.75 Å². The molecule has 2 unspecified atom stereocenters. The van der Waals surface area contributed by atoms with Gasteiger partial charge >= 0.3 is 0 Å². The lowest BCUT2D eigenvalue weighted by atomic mass is 9.84. The summed E-state index contributed by atoms with van der Waals surface area (Å²) in [5, 5.41) is 0. The van der Waals surface area contributed by atoms with Crippen molar-refractivity contribution in [3.63, 3.8) is 0 Å². The number of benzene rings is 2. The number of piperidine rings is 1. The molecule has 0 spiro atoms. The molecule has 2 bridgehead atoms. The molecule has 2 aliphatic rings. The molecular formula is C22H24FNO2. The molecule has 0 amide bonds. The lowest BCUT2D eigenvalue weighted by Crippen LogP contribution is -2.44. The van der Waals surface area contributed by atoms with E-state index in [0.717, 1.165) is 32.2 Å². The van der Waals surface area contributed by atoms with Crippen molar-refractivity contribution in [1.82, 2.24) is 4.90 Å². The van der Waals surface area contributed by atoms with Crippen LogP contribution in [0.1, 0.15) is 41.6 Å². The number of nitrogens with zero attached hydrogens (tertiary/aromatic N) is 1. The minimum absolute atomic E-state index is 0.0256. The van der Waals surface area contributed by atoms with Crippen molar-refractivity contribution in [3.05, 3.63) is 65.5 Å². The predicted octanol–water partition coefficient (Wildman–Crippen LogP) is 4.46. The van der Waals surface area contributed by atoms with Crippen LogP contribution in [0.5, 0.6) is 5.75 Å². The standard InChI is InChI=1S/C22H24FNO2/c1-26-21-10-7-17(23)13-20(21)22(25)16-11-18-8-9-19(12-16)24(18)14-15-5-3-2-4-6-15/h2-7,10,13,16,18-19H,8-9,11-12,14H2,1H3. The smallest absolute Gasteiger partial charge is 0.169 e. The van der Waals surface area contributed by atoms with Gasteiger partial charge in [-0.05, 0) is 49.4 Å². The van der Waals surface area contributed by atoms with E-state index in [9.17, 15) is 9.18 Å². The maximum atomic E-state index is 13.7. The molecule has 2 atom stereocenters. The van der Waals surface area contributed by atoms with Crippen LogP contribution < -0.4 is 4.74 Å². The summed E-state index contributed by atoms with van der Waals surface area (Å²) < 4.78 is 18.9. The largest absolute Gasteiger partial charge is 0.496 e. The summed E-state index contributed by atoms with van der Waals surface area (Å²) in [7, 11) is 1.52. The average molecular weight is 353 g/mol. The Morgan fingerprint density at radius 3 is 2.46 bits per heavy atom. The zero-order valence-electron chi connectivity index (χ0n) is 15.0. The highest BCUT2D eigenvalue weighted by molar-refractivity contribution is 6.00. The predicted molar refractivity (Wildman–Crippen MR) is 98.8 cm³/mol. The fourth-order valence-electron chi connectivity index (χ4n) is 4.63. The molecule has 0 saturated carbocycles. The van der Waals surface area contributed by atoms with Crippen LogP contribution in [0.4, 0.5) is 4.39 Å². The highest BCUT2D eigenvalue weighted by Crippen LogP contribution is 2.41. The van der Waals surface area contributed by atoms with E-state index >= 15 is 0 Å². The number of carbonyl (C=O) groups is 1. The summed E-state index contributed by atoms with van der Waals surface area (Å²) in [6.07, 6.45) is 3.98. The Morgan fingerprint density at radius 1 is 1.12 bits per heavy atom. The first kappa shape index (κ1) is 17.2. The molecule has 0 radical (unpaired) electrons. The zero-order valence-corrected chi connectivity index (χ0v) is 15.0. The van der Waals surface area contributed by atoms with E-state index in [4.69, 9.17) is 4.74 Å². The zero-order chi connectivity index (χ0) is 18.1. The fraction of sp³-hybridized carbons (Fsp3) is 0.409. The van der Waals surface area contributed by atoms with Gasteiger partial charge in [0.25, 0.3) is 0 Å². The van der Waals surface area contributed by atoms with Crippen LogP contribution in [0.25, 0.3) is 0 Å². The van der Waals surface area contributed by atoms with Gasteiger partial charge in [0.15, 0.2) is 5.78 Å². The van der Waals surface area contributed by atoms with Crippen molar-refractivity contribution in [2.75, 3.05) is 7.11 Å². The van der Waals surface area contributed by atoms with E-state index in [2.05, 4.69) is 29.2 Å². The maximum absolute atomic E-state index is 13.7. The Bertz CT molecular complexity index is 778. The van der Waals surface area contributed by atoms with Gasteiger partial charge in [-0.3, -0.25) is 9.69 Å². The van der Waals surface area contributed by atoms with Gasteiger partial charge in [-0.2, -0.15) is 0 Å². The molecular weight excluding hydrogens is 329 g/mol. The molecule has 2 saturated heterocycles. The van der Waals surface area contributed by atoms with Crippen LogP contribution in [0.2, 0.25) is 0 Å². The molecule has 2 aliphatic heterocycles. The van der Waals surface area contributed by atoms with E-state index in [1.54, 1.807) is 6.07 Å². The van der Waals surface area contributed by atoms with Gasteiger partial charge in [0.05, 0.1) is 12.7 Å². The third-order valence-corrected chi connectivity index (χ3v) is 5.89. The van der Waals surface area contributed by atoms with Crippen molar-refractivity contribution >= 4 is 5.78 Å². The first-order chi connectivity index (χ1) is 12.7. The molecule has 0 N–H and O–H groups in total. The Kier molecular flexibility index (Phi) is 4.77. The topological polar surface area (TPSA) is 29.5 Å². The second-order valence-electron chi connectivity index (χ2n) is 7.42. The molecule has 136 valence electrons.